The Kier molecular flexibility index (Phi) is 6.82. The van der Waals surface area contributed by atoms with E-state index < -0.39 is 5.97 Å². The molecule has 0 heterocycles. The topological polar surface area (TPSA) is 75.4 Å². The van der Waals surface area contributed by atoms with Crippen molar-refractivity contribution in [3.05, 3.63) is 22.7 Å². The Labute approximate surface area is 135 Å². The molecule has 0 aliphatic heterocycles. The monoisotopic (exact) mass is 253 g/mol. The Balaban J connectivity index is 0.00000196. The maximum atomic E-state index is 10.7. The maximum Gasteiger partial charge on any atom is 1.00 e. The number of hydrogen-bond acceptors (Lipinski definition) is 4. The summed E-state index contributed by atoms with van der Waals surface area (Å²) in [5.74, 6) is -1.16. The van der Waals surface area contributed by atoms with Crippen LogP contribution in [0.5, 0.6) is 5.75 Å². The van der Waals surface area contributed by atoms with Crippen LogP contribution in [0, 0.1) is 0 Å². The van der Waals surface area contributed by atoms with E-state index in [-0.39, 0.29) is 73.4 Å². The summed E-state index contributed by atoms with van der Waals surface area (Å²) in [4.78, 5) is 10.7. The van der Waals surface area contributed by atoms with E-state index in [2.05, 4.69) is 0 Å². The number of hydrogen-bond donors (Lipinski definition) is 1. The molecule has 76 valence electrons. The molecule has 15 heavy (non-hydrogen) atoms. The van der Waals surface area contributed by atoms with Crippen molar-refractivity contribution < 1.29 is 66.0 Å². The van der Waals surface area contributed by atoms with Gasteiger partial charge in [-0.3, -0.25) is 0 Å². The Hall–Kier alpha value is 0.216. The van der Waals surface area contributed by atoms with Crippen molar-refractivity contribution in [2.45, 2.75) is 6.92 Å². The molecule has 0 aliphatic carbocycles. The molecule has 0 aliphatic rings. The van der Waals surface area contributed by atoms with Crippen LogP contribution in [0.4, 0.5) is 5.69 Å². The van der Waals surface area contributed by atoms with Gasteiger partial charge in [-0.05, 0) is 13.0 Å². The summed E-state index contributed by atoms with van der Waals surface area (Å²) in [6.07, 6.45) is 0. The van der Waals surface area contributed by atoms with E-state index >= 15 is 0 Å². The summed E-state index contributed by atoms with van der Waals surface area (Å²) in [5, 5.41) is 10.8. The second kappa shape index (κ2) is 6.72. The zero-order valence-corrected chi connectivity index (χ0v) is 12.4. The van der Waals surface area contributed by atoms with Crippen molar-refractivity contribution in [2.24, 2.45) is 0 Å². The second-order valence-electron chi connectivity index (χ2n) is 2.59. The zero-order valence-electron chi connectivity index (χ0n) is 8.54. The van der Waals surface area contributed by atoms with E-state index in [9.17, 15) is 9.90 Å². The first-order valence-corrected chi connectivity index (χ1v) is 4.37. The minimum atomic E-state index is -1.34. The van der Waals surface area contributed by atoms with Gasteiger partial charge in [-0.1, -0.05) is 11.6 Å². The molecule has 2 N–H and O–H groups in total. The normalized spacial score (nSPS) is 9.20. The summed E-state index contributed by atoms with van der Waals surface area (Å²) in [6.45, 7) is 2.09. The molecule has 0 radical (unpaired) electrons. The van der Waals surface area contributed by atoms with Crippen LogP contribution in [0.25, 0.3) is 0 Å². The smallest absolute Gasteiger partial charge is 0.545 e. The second-order valence-corrected chi connectivity index (χ2v) is 3.00. The zero-order chi connectivity index (χ0) is 10.7. The predicted octanol–water partition coefficient (Wildman–Crippen LogP) is -2.31. The van der Waals surface area contributed by atoms with Crippen LogP contribution in [0.15, 0.2) is 12.1 Å². The Bertz CT molecular complexity index is 371. The third kappa shape index (κ3) is 3.94. The molecule has 0 fully saturated rings. The molecule has 0 unspecified atom stereocenters. The Morgan fingerprint density at radius 1 is 1.60 bits per heavy atom. The molecule has 0 spiro atoms. The molecule has 1 aromatic rings. The van der Waals surface area contributed by atoms with Crippen molar-refractivity contribution in [3.8, 4) is 5.75 Å². The number of carbonyl (C=O) groups excluding carboxylic acids is 1. The summed E-state index contributed by atoms with van der Waals surface area (Å²) < 4.78 is 5.07. The van der Waals surface area contributed by atoms with Crippen LogP contribution in [0.1, 0.15) is 17.3 Å². The van der Waals surface area contributed by atoms with Gasteiger partial charge in [0.2, 0.25) is 0 Å². The van der Waals surface area contributed by atoms with Crippen molar-refractivity contribution >= 4 is 23.3 Å². The summed E-state index contributed by atoms with van der Waals surface area (Å²) in [5.41, 5.74) is 5.68. The Morgan fingerprint density at radius 2 is 2.20 bits per heavy atom. The number of carboxylic acid groups (broad SMARTS) is 1. The fraction of sp³-hybridized carbons (Fsp3) is 0.222. The van der Waals surface area contributed by atoms with Gasteiger partial charge in [0.15, 0.2) is 0 Å². The molecule has 0 bridgehead atoms. The van der Waals surface area contributed by atoms with Gasteiger partial charge in [-0.15, -0.1) is 0 Å². The SMILES string of the molecule is CCOc1cc(N)c(Cl)cc1C(=O)[O-].[K+]. The van der Waals surface area contributed by atoms with E-state index in [0.717, 1.165) is 0 Å². The number of anilines is 1. The minimum Gasteiger partial charge on any atom is -0.545 e. The number of benzene rings is 1. The van der Waals surface area contributed by atoms with Gasteiger partial charge in [0.1, 0.15) is 5.75 Å². The van der Waals surface area contributed by atoms with Gasteiger partial charge in [-0.2, -0.15) is 0 Å². The number of nitrogen functional groups attached to an aromatic ring is 1. The van der Waals surface area contributed by atoms with Crippen LogP contribution < -0.4 is 67.0 Å². The van der Waals surface area contributed by atoms with Crippen molar-refractivity contribution in [1.82, 2.24) is 0 Å². The summed E-state index contributed by atoms with van der Waals surface area (Å²) in [6, 6.07) is 2.59. The molecule has 0 atom stereocenters. The van der Waals surface area contributed by atoms with Crippen molar-refractivity contribution in [2.75, 3.05) is 12.3 Å². The third-order valence-electron chi connectivity index (χ3n) is 1.62. The van der Waals surface area contributed by atoms with Gasteiger partial charge < -0.3 is 20.4 Å². The average molecular weight is 254 g/mol. The number of carboxylic acids is 1. The average Bonchev–Trinajstić information content (AvgIpc) is 2.11. The van der Waals surface area contributed by atoms with Gasteiger partial charge in [-0.25, -0.2) is 0 Å². The molecule has 6 heteroatoms. The molecule has 1 aromatic carbocycles. The number of carbonyl (C=O) groups is 1. The largest absolute Gasteiger partial charge is 1.00 e. The fourth-order valence-electron chi connectivity index (χ4n) is 1.00. The molecule has 0 saturated carbocycles. The molecule has 4 nitrogen and oxygen atoms in total. The Morgan fingerprint density at radius 3 is 2.67 bits per heavy atom. The molecule has 0 amide bonds. The van der Waals surface area contributed by atoms with E-state index in [1.54, 1.807) is 6.92 Å². The molecule has 0 saturated heterocycles. The van der Waals surface area contributed by atoms with Crippen LogP contribution in [-0.2, 0) is 0 Å². The first-order chi connectivity index (χ1) is 6.56. The summed E-state index contributed by atoms with van der Waals surface area (Å²) >= 11 is 5.66. The maximum absolute atomic E-state index is 10.7. The van der Waals surface area contributed by atoms with Gasteiger partial charge in [0.25, 0.3) is 0 Å². The fourth-order valence-corrected chi connectivity index (χ4v) is 1.17. The third-order valence-corrected chi connectivity index (χ3v) is 1.95. The van der Waals surface area contributed by atoms with E-state index in [1.165, 1.54) is 12.1 Å². The first-order valence-electron chi connectivity index (χ1n) is 3.99. The van der Waals surface area contributed by atoms with Gasteiger partial charge in [0.05, 0.1) is 23.3 Å². The van der Waals surface area contributed by atoms with E-state index in [0.29, 0.717) is 6.61 Å². The standard InChI is InChI=1S/C9H10ClNO3.K/c1-2-14-8-4-7(11)6(10)3-5(8)9(12)13;/h3-4H,2,11H2,1H3,(H,12,13);/q;+1/p-1. The number of ether oxygens (including phenoxy) is 1. The number of nitrogens with two attached hydrogens (primary N) is 1. The molecule has 1 rings (SSSR count). The van der Waals surface area contributed by atoms with Crippen molar-refractivity contribution in [3.63, 3.8) is 0 Å². The first kappa shape index (κ1) is 15.2. The molecular weight excluding hydrogens is 245 g/mol. The van der Waals surface area contributed by atoms with Gasteiger partial charge >= 0.3 is 51.4 Å². The van der Waals surface area contributed by atoms with Crippen molar-refractivity contribution in [1.29, 1.82) is 0 Å². The quantitative estimate of drug-likeness (QED) is 0.485. The van der Waals surface area contributed by atoms with Gasteiger partial charge in [0, 0.05) is 11.6 Å². The van der Waals surface area contributed by atoms with Crippen LogP contribution >= 0.6 is 11.6 Å². The number of halogens is 1. The molecular formula is C9H9ClKNO3. The minimum absolute atomic E-state index is 0. The molecule has 0 aromatic heterocycles. The van der Waals surface area contributed by atoms with Crippen LogP contribution in [0.2, 0.25) is 5.02 Å². The van der Waals surface area contributed by atoms with Crippen LogP contribution in [-0.4, -0.2) is 12.6 Å². The predicted molar refractivity (Wildman–Crippen MR) is 51.4 cm³/mol. The number of aromatic carboxylic acids is 1. The summed E-state index contributed by atoms with van der Waals surface area (Å²) in [7, 11) is 0. The number of rotatable bonds is 3. The van der Waals surface area contributed by atoms with Crippen LogP contribution in [0.3, 0.4) is 0 Å². The van der Waals surface area contributed by atoms with E-state index in [4.69, 9.17) is 22.1 Å². The van der Waals surface area contributed by atoms with E-state index in [1.807, 2.05) is 0 Å².